The second-order valence-electron chi connectivity index (χ2n) is 6.63. The van der Waals surface area contributed by atoms with Crippen LogP contribution in [0.15, 0.2) is 30.3 Å². The van der Waals surface area contributed by atoms with E-state index in [0.717, 1.165) is 0 Å². The van der Waals surface area contributed by atoms with Crippen molar-refractivity contribution >= 4 is 0 Å². The number of aryl methyl sites for hydroxylation is 1. The van der Waals surface area contributed by atoms with E-state index in [-0.39, 0.29) is 0 Å². The molecule has 2 heteroatoms. The SMILES string of the molecule is c1ccc(CCCN2CCNC3(CCCCC3)C2)cc1. The van der Waals surface area contributed by atoms with Crippen molar-refractivity contribution in [2.75, 3.05) is 26.2 Å². The zero-order valence-corrected chi connectivity index (χ0v) is 12.6. The third kappa shape index (κ3) is 3.62. The molecule has 110 valence electrons. The van der Waals surface area contributed by atoms with Crippen molar-refractivity contribution in [2.24, 2.45) is 0 Å². The minimum atomic E-state index is 0.462. The molecule has 1 spiro atoms. The lowest BCUT2D eigenvalue weighted by molar-refractivity contribution is 0.0987. The van der Waals surface area contributed by atoms with Gasteiger partial charge in [-0.25, -0.2) is 0 Å². The molecule has 1 saturated heterocycles. The van der Waals surface area contributed by atoms with Crippen molar-refractivity contribution in [1.82, 2.24) is 10.2 Å². The second-order valence-corrected chi connectivity index (χ2v) is 6.63. The minimum Gasteiger partial charge on any atom is -0.309 e. The number of rotatable bonds is 4. The first-order chi connectivity index (χ1) is 9.86. The molecular weight excluding hydrogens is 244 g/mol. The standard InChI is InChI=1S/C18H28N2/c1-3-8-17(9-4-1)10-7-14-20-15-13-19-18(16-20)11-5-2-6-12-18/h1,3-4,8-9,19H,2,5-7,10-16H2. The minimum absolute atomic E-state index is 0.462. The van der Waals surface area contributed by atoms with E-state index in [1.807, 2.05) is 0 Å². The van der Waals surface area contributed by atoms with E-state index in [9.17, 15) is 0 Å². The third-order valence-corrected chi connectivity index (χ3v) is 5.05. The first-order valence-corrected chi connectivity index (χ1v) is 8.38. The van der Waals surface area contributed by atoms with Crippen LogP contribution in [-0.4, -0.2) is 36.6 Å². The van der Waals surface area contributed by atoms with Crippen LogP contribution in [0.4, 0.5) is 0 Å². The van der Waals surface area contributed by atoms with E-state index in [0.29, 0.717) is 5.54 Å². The lowest BCUT2D eigenvalue weighted by Crippen LogP contribution is -2.61. The smallest absolute Gasteiger partial charge is 0.0309 e. The van der Waals surface area contributed by atoms with Crippen LogP contribution in [0, 0.1) is 0 Å². The molecule has 1 N–H and O–H groups in total. The van der Waals surface area contributed by atoms with Crippen LogP contribution >= 0.6 is 0 Å². The van der Waals surface area contributed by atoms with Gasteiger partial charge in [-0.2, -0.15) is 0 Å². The Balaban J connectivity index is 1.45. The van der Waals surface area contributed by atoms with Gasteiger partial charge in [0, 0.05) is 25.2 Å². The molecule has 0 aromatic heterocycles. The summed E-state index contributed by atoms with van der Waals surface area (Å²) in [4.78, 5) is 2.70. The largest absolute Gasteiger partial charge is 0.309 e. The highest BCUT2D eigenvalue weighted by atomic mass is 15.2. The number of nitrogens with zero attached hydrogens (tertiary/aromatic N) is 1. The quantitative estimate of drug-likeness (QED) is 0.905. The molecule has 1 aliphatic heterocycles. The van der Waals surface area contributed by atoms with Gasteiger partial charge in [0.2, 0.25) is 0 Å². The fourth-order valence-corrected chi connectivity index (χ4v) is 3.95. The number of hydrogen-bond donors (Lipinski definition) is 1. The summed E-state index contributed by atoms with van der Waals surface area (Å²) >= 11 is 0. The highest BCUT2D eigenvalue weighted by Gasteiger charge is 2.35. The molecule has 0 unspecified atom stereocenters. The highest BCUT2D eigenvalue weighted by molar-refractivity contribution is 5.14. The lowest BCUT2D eigenvalue weighted by Gasteiger charge is -2.46. The van der Waals surface area contributed by atoms with Crippen molar-refractivity contribution < 1.29 is 0 Å². The van der Waals surface area contributed by atoms with Crippen LogP contribution < -0.4 is 5.32 Å². The fourth-order valence-electron chi connectivity index (χ4n) is 3.95. The van der Waals surface area contributed by atoms with Crippen molar-refractivity contribution in [3.63, 3.8) is 0 Å². The molecule has 1 aromatic rings. The Hall–Kier alpha value is -0.860. The molecule has 2 aliphatic rings. The van der Waals surface area contributed by atoms with E-state index < -0.39 is 0 Å². The predicted molar refractivity (Wildman–Crippen MR) is 85.0 cm³/mol. The average molecular weight is 272 g/mol. The van der Waals surface area contributed by atoms with Gasteiger partial charge in [0.05, 0.1) is 0 Å². The van der Waals surface area contributed by atoms with Gasteiger partial charge in [0.25, 0.3) is 0 Å². The van der Waals surface area contributed by atoms with E-state index >= 15 is 0 Å². The molecule has 0 amide bonds. The van der Waals surface area contributed by atoms with Gasteiger partial charge in [-0.1, -0.05) is 49.6 Å². The zero-order chi connectivity index (χ0) is 13.7. The van der Waals surface area contributed by atoms with Gasteiger partial charge in [-0.15, -0.1) is 0 Å². The summed E-state index contributed by atoms with van der Waals surface area (Å²) in [6, 6.07) is 10.9. The molecule has 1 saturated carbocycles. The van der Waals surface area contributed by atoms with Crippen molar-refractivity contribution in [2.45, 2.75) is 50.5 Å². The number of benzene rings is 1. The maximum atomic E-state index is 3.83. The monoisotopic (exact) mass is 272 g/mol. The summed E-state index contributed by atoms with van der Waals surface area (Å²) in [6.45, 7) is 4.96. The predicted octanol–water partition coefficient (Wildman–Crippen LogP) is 3.23. The molecular formula is C18H28N2. The Morgan fingerprint density at radius 3 is 2.65 bits per heavy atom. The summed E-state index contributed by atoms with van der Waals surface area (Å²) in [5.74, 6) is 0. The van der Waals surface area contributed by atoms with Crippen LogP contribution in [0.5, 0.6) is 0 Å². The average Bonchev–Trinajstić information content (AvgIpc) is 2.49. The van der Waals surface area contributed by atoms with E-state index in [1.54, 1.807) is 0 Å². The van der Waals surface area contributed by atoms with Gasteiger partial charge in [-0.3, -0.25) is 0 Å². The van der Waals surface area contributed by atoms with Crippen LogP contribution in [0.25, 0.3) is 0 Å². The molecule has 3 rings (SSSR count). The van der Waals surface area contributed by atoms with Gasteiger partial charge < -0.3 is 10.2 Å². The van der Waals surface area contributed by atoms with Crippen molar-refractivity contribution in [1.29, 1.82) is 0 Å². The van der Waals surface area contributed by atoms with E-state index in [1.165, 1.54) is 76.7 Å². The highest BCUT2D eigenvalue weighted by Crippen LogP contribution is 2.30. The first kappa shape index (κ1) is 14.1. The van der Waals surface area contributed by atoms with Crippen LogP contribution in [0.3, 0.4) is 0 Å². The Morgan fingerprint density at radius 1 is 1.05 bits per heavy atom. The molecule has 1 aliphatic carbocycles. The van der Waals surface area contributed by atoms with Crippen LogP contribution in [0.2, 0.25) is 0 Å². The number of piperazine rings is 1. The molecule has 20 heavy (non-hydrogen) atoms. The zero-order valence-electron chi connectivity index (χ0n) is 12.6. The molecule has 0 radical (unpaired) electrons. The summed E-state index contributed by atoms with van der Waals surface area (Å²) in [6.07, 6.45) is 9.58. The second kappa shape index (κ2) is 6.73. The summed E-state index contributed by atoms with van der Waals surface area (Å²) in [5, 5.41) is 3.83. The topological polar surface area (TPSA) is 15.3 Å². The van der Waals surface area contributed by atoms with Gasteiger partial charge in [0.1, 0.15) is 0 Å². The summed E-state index contributed by atoms with van der Waals surface area (Å²) in [5.41, 5.74) is 1.94. The number of nitrogens with one attached hydrogen (secondary N) is 1. The first-order valence-electron chi connectivity index (χ1n) is 8.38. The molecule has 0 bridgehead atoms. The maximum absolute atomic E-state index is 3.83. The Labute approximate surface area is 123 Å². The normalized spacial score (nSPS) is 23.0. The van der Waals surface area contributed by atoms with E-state index in [4.69, 9.17) is 0 Å². The Kier molecular flexibility index (Phi) is 4.74. The van der Waals surface area contributed by atoms with Crippen molar-refractivity contribution in [3.05, 3.63) is 35.9 Å². The lowest BCUT2D eigenvalue weighted by atomic mass is 9.80. The van der Waals surface area contributed by atoms with Crippen molar-refractivity contribution in [3.8, 4) is 0 Å². The van der Waals surface area contributed by atoms with E-state index in [2.05, 4.69) is 40.5 Å². The van der Waals surface area contributed by atoms with Crippen LogP contribution in [-0.2, 0) is 6.42 Å². The molecule has 2 fully saturated rings. The molecule has 0 atom stereocenters. The Bertz CT molecular complexity index is 390. The maximum Gasteiger partial charge on any atom is 0.0309 e. The van der Waals surface area contributed by atoms with Gasteiger partial charge in [-0.05, 0) is 37.8 Å². The molecule has 1 heterocycles. The fraction of sp³-hybridized carbons (Fsp3) is 0.667. The number of hydrogen-bond acceptors (Lipinski definition) is 2. The summed E-state index contributed by atoms with van der Waals surface area (Å²) < 4.78 is 0. The van der Waals surface area contributed by atoms with Gasteiger partial charge in [0.15, 0.2) is 0 Å². The van der Waals surface area contributed by atoms with Crippen LogP contribution in [0.1, 0.15) is 44.1 Å². The molecule has 2 nitrogen and oxygen atoms in total. The third-order valence-electron chi connectivity index (χ3n) is 5.05. The van der Waals surface area contributed by atoms with Gasteiger partial charge >= 0.3 is 0 Å². The molecule has 1 aromatic carbocycles. The summed E-state index contributed by atoms with van der Waals surface area (Å²) in [7, 11) is 0. The Morgan fingerprint density at radius 2 is 1.85 bits per heavy atom.